The first-order valence-corrected chi connectivity index (χ1v) is 11.6. The van der Waals surface area contributed by atoms with Crippen LogP contribution < -0.4 is 14.8 Å². The number of rotatable bonds is 8. The molecule has 1 fully saturated rings. The maximum absolute atomic E-state index is 13.2. The van der Waals surface area contributed by atoms with Crippen LogP contribution in [0.5, 0.6) is 11.8 Å². The molecular formula is C25H30F2N6O3. The molecule has 192 valence electrons. The third-order valence-corrected chi connectivity index (χ3v) is 6.41. The molecule has 11 heteroatoms. The van der Waals surface area contributed by atoms with Crippen LogP contribution in [0.2, 0.25) is 0 Å². The highest BCUT2D eigenvalue weighted by Gasteiger charge is 2.30. The minimum Gasteiger partial charge on any atom is -0.481 e. The standard InChI is InChI=1S/C25H30F2N6O3/c1-14(16-10-21(35-4)31-22(11-16)36-5)25(34)33-9-8-17(12-33)29-20-7-6-18(15(2)28-20)19-13-32(3)24(30-19)23(26)27/h6-7,10-11,13-14,17,23H,8-9,12H2,1-5H3,(H,28,29)/t14-,17-/m0/s1. The molecule has 0 bridgehead atoms. The Morgan fingerprint density at radius 3 is 2.42 bits per heavy atom. The quantitative estimate of drug-likeness (QED) is 0.500. The Hall–Kier alpha value is -3.76. The summed E-state index contributed by atoms with van der Waals surface area (Å²) < 4.78 is 38.0. The lowest BCUT2D eigenvalue weighted by Gasteiger charge is -2.22. The van der Waals surface area contributed by atoms with E-state index in [4.69, 9.17) is 9.47 Å². The largest absolute Gasteiger partial charge is 0.481 e. The number of carbonyl (C=O) groups is 1. The number of pyridine rings is 2. The van der Waals surface area contributed by atoms with Gasteiger partial charge in [0, 0.05) is 55.8 Å². The molecule has 0 radical (unpaired) electrons. The fourth-order valence-corrected chi connectivity index (χ4v) is 4.39. The molecule has 0 aliphatic carbocycles. The number of hydrogen-bond donors (Lipinski definition) is 1. The van der Waals surface area contributed by atoms with Gasteiger partial charge >= 0.3 is 0 Å². The summed E-state index contributed by atoms with van der Waals surface area (Å²) in [6.07, 6.45) is -0.285. The van der Waals surface area contributed by atoms with Gasteiger partial charge in [-0.25, -0.2) is 18.7 Å². The fourth-order valence-electron chi connectivity index (χ4n) is 4.39. The zero-order chi connectivity index (χ0) is 26.0. The van der Waals surface area contributed by atoms with Gasteiger partial charge in [-0.2, -0.15) is 4.98 Å². The van der Waals surface area contributed by atoms with Crippen molar-refractivity contribution < 1.29 is 23.0 Å². The lowest BCUT2D eigenvalue weighted by molar-refractivity contribution is -0.131. The minimum absolute atomic E-state index is 0.0130. The van der Waals surface area contributed by atoms with E-state index in [2.05, 4.69) is 20.3 Å². The Bertz CT molecular complexity index is 1230. The Morgan fingerprint density at radius 1 is 1.14 bits per heavy atom. The molecule has 0 aromatic carbocycles. The third-order valence-electron chi connectivity index (χ3n) is 6.41. The van der Waals surface area contributed by atoms with E-state index in [-0.39, 0.29) is 23.7 Å². The van der Waals surface area contributed by atoms with Crippen molar-refractivity contribution in [3.8, 4) is 23.0 Å². The molecule has 9 nitrogen and oxygen atoms in total. The van der Waals surface area contributed by atoms with Gasteiger partial charge in [0.1, 0.15) is 5.82 Å². The Morgan fingerprint density at radius 2 is 1.83 bits per heavy atom. The summed E-state index contributed by atoms with van der Waals surface area (Å²) in [5, 5.41) is 3.39. The van der Waals surface area contributed by atoms with Crippen LogP contribution in [0.15, 0.2) is 30.5 Å². The number of nitrogens with one attached hydrogen (secondary N) is 1. The predicted octanol–water partition coefficient (Wildman–Crippen LogP) is 3.96. The van der Waals surface area contributed by atoms with Gasteiger partial charge in [-0.1, -0.05) is 0 Å². The summed E-state index contributed by atoms with van der Waals surface area (Å²) >= 11 is 0. The zero-order valence-corrected chi connectivity index (χ0v) is 21.0. The topological polar surface area (TPSA) is 94.4 Å². The Balaban J connectivity index is 1.41. The smallest absolute Gasteiger partial charge is 0.295 e. The lowest BCUT2D eigenvalue weighted by atomic mass is 10.0. The molecular weight excluding hydrogens is 470 g/mol. The second-order valence-electron chi connectivity index (χ2n) is 8.85. The molecule has 4 rings (SSSR count). The van der Waals surface area contributed by atoms with Crippen LogP contribution in [0.25, 0.3) is 11.3 Å². The van der Waals surface area contributed by atoms with E-state index in [0.29, 0.717) is 47.6 Å². The maximum Gasteiger partial charge on any atom is 0.295 e. The average Bonchev–Trinajstić information content (AvgIpc) is 3.49. The Labute approximate surface area is 208 Å². The molecule has 1 aliphatic heterocycles. The average molecular weight is 501 g/mol. The Kier molecular flexibility index (Phi) is 7.37. The summed E-state index contributed by atoms with van der Waals surface area (Å²) in [6, 6.07) is 7.17. The SMILES string of the molecule is COc1cc([C@H](C)C(=O)N2CC[C@H](Nc3ccc(-c4cn(C)c(C(F)F)n4)c(C)n3)C2)cc(OC)n1. The molecule has 0 unspecified atom stereocenters. The van der Waals surface area contributed by atoms with Crippen LogP contribution in [0, 0.1) is 6.92 Å². The summed E-state index contributed by atoms with van der Waals surface area (Å²) in [5.41, 5.74) is 2.61. The number of amides is 1. The molecule has 1 amide bonds. The number of likely N-dealkylation sites (tertiary alicyclic amines) is 1. The van der Waals surface area contributed by atoms with Crippen molar-refractivity contribution in [1.29, 1.82) is 0 Å². The first-order chi connectivity index (χ1) is 17.2. The van der Waals surface area contributed by atoms with Crippen LogP contribution in [0.4, 0.5) is 14.6 Å². The van der Waals surface area contributed by atoms with Crippen molar-refractivity contribution in [3.63, 3.8) is 0 Å². The molecule has 0 spiro atoms. The highest BCUT2D eigenvalue weighted by Crippen LogP contribution is 2.29. The fraction of sp³-hybridized carbons (Fsp3) is 0.440. The lowest BCUT2D eigenvalue weighted by Crippen LogP contribution is -2.34. The van der Waals surface area contributed by atoms with E-state index < -0.39 is 6.43 Å². The van der Waals surface area contributed by atoms with Gasteiger partial charge in [0.05, 0.1) is 25.8 Å². The van der Waals surface area contributed by atoms with E-state index in [1.807, 2.05) is 30.9 Å². The number of nitrogens with zero attached hydrogens (tertiary/aromatic N) is 5. The number of alkyl halides is 2. The van der Waals surface area contributed by atoms with Crippen molar-refractivity contribution in [2.24, 2.45) is 7.05 Å². The molecule has 0 saturated carbocycles. The number of imidazole rings is 1. The summed E-state index contributed by atoms with van der Waals surface area (Å²) in [6.45, 7) is 4.85. The first kappa shape index (κ1) is 25.3. The van der Waals surface area contributed by atoms with Crippen LogP contribution in [0.1, 0.15) is 42.8 Å². The van der Waals surface area contributed by atoms with Crippen LogP contribution >= 0.6 is 0 Å². The minimum atomic E-state index is -2.64. The van der Waals surface area contributed by atoms with Gasteiger partial charge < -0.3 is 24.3 Å². The van der Waals surface area contributed by atoms with Gasteiger partial charge in [-0.05, 0) is 38.0 Å². The molecule has 3 aromatic rings. The number of anilines is 1. The molecule has 3 aromatic heterocycles. The van der Waals surface area contributed by atoms with Gasteiger partial charge in [-0.15, -0.1) is 0 Å². The predicted molar refractivity (Wildman–Crippen MR) is 130 cm³/mol. The van der Waals surface area contributed by atoms with Gasteiger partial charge in [0.15, 0.2) is 5.82 Å². The molecule has 4 heterocycles. The number of ether oxygens (including phenoxy) is 2. The number of halogens is 2. The second kappa shape index (κ2) is 10.5. The molecule has 2 atom stereocenters. The van der Waals surface area contributed by atoms with E-state index in [1.165, 1.54) is 18.8 Å². The first-order valence-electron chi connectivity index (χ1n) is 11.6. The number of methoxy groups -OCH3 is 2. The van der Waals surface area contributed by atoms with Crippen molar-refractivity contribution in [1.82, 2.24) is 24.4 Å². The van der Waals surface area contributed by atoms with E-state index in [9.17, 15) is 13.6 Å². The normalized spacial score (nSPS) is 16.3. The van der Waals surface area contributed by atoms with Crippen molar-refractivity contribution in [3.05, 3.63) is 47.5 Å². The highest BCUT2D eigenvalue weighted by molar-refractivity contribution is 5.84. The highest BCUT2D eigenvalue weighted by atomic mass is 19.3. The summed E-state index contributed by atoms with van der Waals surface area (Å²) in [5.74, 6) is 0.805. The number of hydrogen-bond acceptors (Lipinski definition) is 7. The molecule has 36 heavy (non-hydrogen) atoms. The van der Waals surface area contributed by atoms with Gasteiger partial charge in [0.25, 0.3) is 6.43 Å². The van der Waals surface area contributed by atoms with Crippen LogP contribution in [0.3, 0.4) is 0 Å². The van der Waals surface area contributed by atoms with Crippen molar-refractivity contribution in [2.75, 3.05) is 32.6 Å². The monoisotopic (exact) mass is 500 g/mol. The van der Waals surface area contributed by atoms with Gasteiger partial charge in [-0.3, -0.25) is 4.79 Å². The number of aromatic nitrogens is 4. The van der Waals surface area contributed by atoms with Crippen LogP contribution in [-0.2, 0) is 11.8 Å². The summed E-state index contributed by atoms with van der Waals surface area (Å²) in [7, 11) is 4.59. The third kappa shape index (κ3) is 5.24. The number of aryl methyl sites for hydroxylation is 2. The maximum atomic E-state index is 13.2. The molecule has 1 aliphatic rings. The molecule has 1 N–H and O–H groups in total. The summed E-state index contributed by atoms with van der Waals surface area (Å²) in [4.78, 5) is 27.9. The second-order valence-corrected chi connectivity index (χ2v) is 8.85. The van der Waals surface area contributed by atoms with Gasteiger partial charge in [0.2, 0.25) is 17.7 Å². The van der Waals surface area contributed by atoms with Crippen molar-refractivity contribution >= 4 is 11.7 Å². The van der Waals surface area contributed by atoms with Crippen LogP contribution in [-0.4, -0.2) is 63.7 Å². The van der Waals surface area contributed by atoms with Crippen molar-refractivity contribution in [2.45, 2.75) is 38.7 Å². The number of carbonyl (C=O) groups excluding carboxylic acids is 1. The van der Waals surface area contributed by atoms with E-state index in [1.54, 1.807) is 25.4 Å². The van der Waals surface area contributed by atoms with E-state index in [0.717, 1.165) is 12.0 Å². The zero-order valence-electron chi connectivity index (χ0n) is 21.0. The molecule has 1 saturated heterocycles. The van der Waals surface area contributed by atoms with E-state index >= 15 is 0 Å².